The van der Waals surface area contributed by atoms with Crippen LogP contribution in [0.3, 0.4) is 0 Å². The Balaban J connectivity index is 1.95. The molecule has 0 aromatic heterocycles. The topological polar surface area (TPSA) is 29.1 Å². The van der Waals surface area contributed by atoms with Gasteiger partial charge >= 0.3 is 0 Å². The maximum atomic E-state index is 11.8. The van der Waals surface area contributed by atoms with Crippen molar-refractivity contribution in [2.75, 3.05) is 0 Å². The second-order valence-corrected chi connectivity index (χ2v) is 5.81. The minimum Gasteiger partial charge on any atom is -0.351 e. The quantitative estimate of drug-likeness (QED) is 0.848. The fraction of sp³-hybridized carbons (Fsp3) is 0.533. The Morgan fingerprint density at radius 1 is 1.29 bits per heavy atom. The van der Waals surface area contributed by atoms with Crippen molar-refractivity contribution in [3.05, 3.63) is 35.4 Å². The summed E-state index contributed by atoms with van der Waals surface area (Å²) in [6.07, 6.45) is 3.00. The summed E-state index contributed by atoms with van der Waals surface area (Å²) in [4.78, 5) is 11.8. The van der Waals surface area contributed by atoms with E-state index in [1.54, 1.807) is 0 Å². The molecule has 0 saturated heterocycles. The van der Waals surface area contributed by atoms with Gasteiger partial charge in [-0.2, -0.15) is 0 Å². The molecule has 1 amide bonds. The highest BCUT2D eigenvalue weighted by molar-refractivity contribution is 5.81. The Kier molecular flexibility index (Phi) is 3.23. The van der Waals surface area contributed by atoms with Crippen molar-refractivity contribution in [2.45, 2.75) is 45.6 Å². The van der Waals surface area contributed by atoms with Crippen LogP contribution in [0.4, 0.5) is 0 Å². The second kappa shape index (κ2) is 4.52. The van der Waals surface area contributed by atoms with E-state index in [-0.39, 0.29) is 17.4 Å². The summed E-state index contributed by atoms with van der Waals surface area (Å²) >= 11 is 0. The van der Waals surface area contributed by atoms with Gasteiger partial charge in [0.15, 0.2) is 0 Å². The molecule has 0 spiro atoms. The van der Waals surface area contributed by atoms with Crippen molar-refractivity contribution < 1.29 is 4.79 Å². The minimum absolute atomic E-state index is 0.158. The first-order valence-electron chi connectivity index (χ1n) is 6.34. The minimum atomic E-state index is -0.158. The van der Waals surface area contributed by atoms with Gasteiger partial charge in [0.1, 0.15) is 0 Å². The van der Waals surface area contributed by atoms with Crippen LogP contribution in [0.15, 0.2) is 24.3 Å². The van der Waals surface area contributed by atoms with Crippen LogP contribution in [0, 0.1) is 12.8 Å². The fourth-order valence-corrected chi connectivity index (χ4v) is 2.04. The van der Waals surface area contributed by atoms with Crippen molar-refractivity contribution >= 4 is 5.91 Å². The molecule has 2 heteroatoms. The zero-order chi connectivity index (χ0) is 12.5. The lowest BCUT2D eigenvalue weighted by atomic mass is 9.94. The van der Waals surface area contributed by atoms with Gasteiger partial charge in [0.05, 0.1) is 0 Å². The van der Waals surface area contributed by atoms with E-state index in [4.69, 9.17) is 0 Å². The normalized spacial score (nSPS) is 15.7. The van der Waals surface area contributed by atoms with E-state index in [1.807, 2.05) is 0 Å². The van der Waals surface area contributed by atoms with Gasteiger partial charge in [0.2, 0.25) is 5.91 Å². The molecule has 1 aliphatic rings. The van der Waals surface area contributed by atoms with E-state index in [9.17, 15) is 4.79 Å². The van der Waals surface area contributed by atoms with Crippen LogP contribution in [-0.4, -0.2) is 11.4 Å². The van der Waals surface area contributed by atoms with Gasteiger partial charge in [-0.15, -0.1) is 0 Å². The van der Waals surface area contributed by atoms with Gasteiger partial charge < -0.3 is 5.32 Å². The van der Waals surface area contributed by atoms with E-state index < -0.39 is 0 Å². The Bertz CT molecular complexity index is 401. The average molecular weight is 231 g/mol. The van der Waals surface area contributed by atoms with E-state index in [2.05, 4.69) is 50.4 Å². The summed E-state index contributed by atoms with van der Waals surface area (Å²) in [5, 5.41) is 3.14. The molecule has 1 aromatic rings. The van der Waals surface area contributed by atoms with Crippen LogP contribution in [0.2, 0.25) is 0 Å². The molecule has 2 rings (SSSR count). The van der Waals surface area contributed by atoms with Crippen LogP contribution < -0.4 is 5.32 Å². The summed E-state index contributed by atoms with van der Waals surface area (Å²) in [5.74, 6) is 0.509. The van der Waals surface area contributed by atoms with Crippen LogP contribution in [0.25, 0.3) is 0 Å². The molecule has 0 heterocycles. The maximum absolute atomic E-state index is 11.8. The van der Waals surface area contributed by atoms with Crippen molar-refractivity contribution in [3.63, 3.8) is 0 Å². The lowest BCUT2D eigenvalue weighted by Crippen LogP contribution is -2.45. The van der Waals surface area contributed by atoms with Crippen LogP contribution >= 0.6 is 0 Å². The third kappa shape index (κ3) is 3.58. The molecular formula is C15H21NO. The molecule has 0 radical (unpaired) electrons. The lowest BCUT2D eigenvalue weighted by Gasteiger charge is -2.26. The Hall–Kier alpha value is -1.31. The molecule has 1 N–H and O–H groups in total. The zero-order valence-electron chi connectivity index (χ0n) is 10.9. The van der Waals surface area contributed by atoms with Gasteiger partial charge in [-0.05, 0) is 45.6 Å². The second-order valence-electron chi connectivity index (χ2n) is 5.81. The molecule has 0 unspecified atom stereocenters. The zero-order valence-corrected chi connectivity index (χ0v) is 10.9. The molecule has 0 aliphatic heterocycles. The number of carbonyl (C=O) groups excluding carboxylic acids is 1. The number of amides is 1. The number of carbonyl (C=O) groups is 1. The van der Waals surface area contributed by atoms with Crippen LogP contribution in [0.5, 0.6) is 0 Å². The van der Waals surface area contributed by atoms with Crippen molar-refractivity contribution in [1.29, 1.82) is 0 Å². The molecule has 17 heavy (non-hydrogen) atoms. The first-order chi connectivity index (χ1) is 7.96. The summed E-state index contributed by atoms with van der Waals surface area (Å²) in [5.41, 5.74) is 2.39. The highest BCUT2D eigenvalue weighted by atomic mass is 16.2. The SMILES string of the molecule is Cc1ccc(CC(C)(C)NC(=O)C2CC2)cc1. The summed E-state index contributed by atoms with van der Waals surface area (Å²) in [6.45, 7) is 6.27. The lowest BCUT2D eigenvalue weighted by molar-refractivity contribution is -0.123. The van der Waals surface area contributed by atoms with Gasteiger partial charge in [0.25, 0.3) is 0 Å². The number of hydrogen-bond acceptors (Lipinski definition) is 1. The van der Waals surface area contributed by atoms with Crippen LogP contribution in [0.1, 0.15) is 37.8 Å². The molecule has 2 nitrogen and oxygen atoms in total. The summed E-state index contributed by atoms with van der Waals surface area (Å²) in [7, 11) is 0. The maximum Gasteiger partial charge on any atom is 0.223 e. The largest absolute Gasteiger partial charge is 0.351 e. The van der Waals surface area contributed by atoms with E-state index in [0.717, 1.165) is 19.3 Å². The predicted octanol–water partition coefficient (Wildman–Crippen LogP) is 2.84. The molecular weight excluding hydrogens is 210 g/mol. The van der Waals surface area contributed by atoms with Gasteiger partial charge in [-0.3, -0.25) is 4.79 Å². The summed E-state index contributed by atoms with van der Waals surface area (Å²) in [6, 6.07) is 8.52. The number of rotatable bonds is 4. The van der Waals surface area contributed by atoms with Crippen LogP contribution in [-0.2, 0) is 11.2 Å². The third-order valence-electron chi connectivity index (χ3n) is 3.18. The first kappa shape index (κ1) is 12.2. The number of aryl methyl sites for hydroxylation is 1. The molecule has 0 atom stereocenters. The summed E-state index contributed by atoms with van der Waals surface area (Å²) < 4.78 is 0. The molecule has 1 saturated carbocycles. The Morgan fingerprint density at radius 3 is 2.41 bits per heavy atom. The molecule has 0 bridgehead atoms. The first-order valence-corrected chi connectivity index (χ1v) is 6.34. The van der Waals surface area contributed by atoms with E-state index in [0.29, 0.717) is 0 Å². The van der Waals surface area contributed by atoms with Gasteiger partial charge in [0, 0.05) is 11.5 Å². The van der Waals surface area contributed by atoms with E-state index >= 15 is 0 Å². The number of hydrogen-bond donors (Lipinski definition) is 1. The van der Waals surface area contributed by atoms with E-state index in [1.165, 1.54) is 11.1 Å². The Labute approximate surface area is 103 Å². The number of nitrogens with one attached hydrogen (secondary N) is 1. The highest BCUT2D eigenvalue weighted by Gasteiger charge is 2.32. The predicted molar refractivity (Wildman–Crippen MR) is 69.8 cm³/mol. The van der Waals surface area contributed by atoms with Crippen molar-refractivity contribution in [3.8, 4) is 0 Å². The Morgan fingerprint density at radius 2 is 1.88 bits per heavy atom. The molecule has 1 fully saturated rings. The smallest absolute Gasteiger partial charge is 0.223 e. The monoisotopic (exact) mass is 231 g/mol. The molecule has 92 valence electrons. The molecule has 1 aromatic carbocycles. The van der Waals surface area contributed by atoms with Crippen molar-refractivity contribution in [2.24, 2.45) is 5.92 Å². The average Bonchev–Trinajstić information content (AvgIpc) is 3.03. The number of benzene rings is 1. The standard InChI is InChI=1S/C15H21NO/c1-11-4-6-12(7-5-11)10-15(2,3)16-14(17)13-8-9-13/h4-7,13H,8-10H2,1-3H3,(H,16,17). The van der Waals surface area contributed by atoms with Gasteiger partial charge in [-0.1, -0.05) is 29.8 Å². The highest BCUT2D eigenvalue weighted by Crippen LogP contribution is 2.29. The third-order valence-corrected chi connectivity index (χ3v) is 3.18. The molecule has 1 aliphatic carbocycles. The fourth-order valence-electron chi connectivity index (χ4n) is 2.04. The van der Waals surface area contributed by atoms with Crippen molar-refractivity contribution in [1.82, 2.24) is 5.32 Å². The van der Waals surface area contributed by atoms with Gasteiger partial charge in [-0.25, -0.2) is 0 Å².